The van der Waals surface area contributed by atoms with E-state index in [1.54, 1.807) is 14.2 Å². The molecule has 1 atom stereocenters. The number of benzene rings is 1. The van der Waals surface area contributed by atoms with Gasteiger partial charge in [0.25, 0.3) is 0 Å². The molecule has 25 heavy (non-hydrogen) atoms. The van der Waals surface area contributed by atoms with Crippen molar-refractivity contribution in [3.05, 3.63) is 23.6 Å². The van der Waals surface area contributed by atoms with Crippen LogP contribution in [0.15, 0.2) is 23.6 Å². The van der Waals surface area contributed by atoms with Crippen molar-refractivity contribution in [2.75, 3.05) is 19.5 Å². The molecule has 0 bridgehead atoms. The fourth-order valence-corrected chi connectivity index (χ4v) is 2.99. The average Bonchev–Trinajstić information content (AvgIpc) is 3.01. The molecular formula is C17H24ClN3O3S. The molecule has 0 radical (unpaired) electrons. The number of carbonyl (C=O) groups excluding carboxylic acids is 1. The molecule has 0 fully saturated rings. The first-order valence-corrected chi connectivity index (χ1v) is 8.57. The highest BCUT2D eigenvalue weighted by atomic mass is 35.5. The molecule has 8 heteroatoms. The van der Waals surface area contributed by atoms with Crippen molar-refractivity contribution in [3.63, 3.8) is 0 Å². The molecule has 138 valence electrons. The minimum Gasteiger partial charge on any atom is -0.493 e. The van der Waals surface area contributed by atoms with Crippen LogP contribution in [0.25, 0.3) is 11.3 Å². The van der Waals surface area contributed by atoms with Gasteiger partial charge in [0.2, 0.25) is 5.91 Å². The van der Waals surface area contributed by atoms with Crippen molar-refractivity contribution in [1.29, 1.82) is 0 Å². The molecule has 0 unspecified atom stereocenters. The van der Waals surface area contributed by atoms with Gasteiger partial charge in [-0.1, -0.05) is 13.8 Å². The number of halogens is 1. The fraction of sp³-hybridized carbons (Fsp3) is 0.412. The maximum atomic E-state index is 12.1. The highest BCUT2D eigenvalue weighted by Gasteiger charge is 2.17. The molecular weight excluding hydrogens is 362 g/mol. The van der Waals surface area contributed by atoms with Crippen molar-refractivity contribution in [2.45, 2.75) is 26.3 Å². The van der Waals surface area contributed by atoms with Crippen LogP contribution in [0, 0.1) is 5.92 Å². The number of aromatic nitrogens is 1. The van der Waals surface area contributed by atoms with Gasteiger partial charge in [0.15, 0.2) is 16.6 Å². The topological polar surface area (TPSA) is 86.5 Å². The molecule has 0 aliphatic carbocycles. The number of nitrogens with one attached hydrogen (secondary N) is 1. The molecule has 2 aromatic rings. The Kier molecular flexibility index (Phi) is 8.15. The second kappa shape index (κ2) is 9.60. The van der Waals surface area contributed by atoms with Crippen molar-refractivity contribution in [1.82, 2.24) is 4.98 Å². The van der Waals surface area contributed by atoms with Crippen LogP contribution < -0.4 is 20.5 Å². The van der Waals surface area contributed by atoms with Gasteiger partial charge in [-0.05, 0) is 30.5 Å². The summed E-state index contributed by atoms with van der Waals surface area (Å²) in [5.41, 5.74) is 7.53. The van der Waals surface area contributed by atoms with Gasteiger partial charge in [-0.25, -0.2) is 4.98 Å². The Morgan fingerprint density at radius 3 is 2.56 bits per heavy atom. The van der Waals surface area contributed by atoms with Crippen LogP contribution >= 0.6 is 23.7 Å². The number of nitrogens with zero attached hydrogens (tertiary/aromatic N) is 1. The Balaban J connectivity index is 0.00000312. The van der Waals surface area contributed by atoms with Crippen LogP contribution in [0.2, 0.25) is 0 Å². The van der Waals surface area contributed by atoms with Gasteiger partial charge in [0.1, 0.15) is 0 Å². The van der Waals surface area contributed by atoms with E-state index in [9.17, 15) is 4.79 Å². The van der Waals surface area contributed by atoms with Crippen LogP contribution in [0.3, 0.4) is 0 Å². The minimum atomic E-state index is -0.529. The lowest BCUT2D eigenvalue weighted by Gasteiger charge is -2.12. The number of ether oxygens (including phenoxy) is 2. The molecule has 1 aromatic heterocycles. The highest BCUT2D eigenvalue weighted by Crippen LogP contribution is 2.33. The van der Waals surface area contributed by atoms with Crippen LogP contribution in [-0.2, 0) is 4.79 Å². The predicted octanol–water partition coefficient (Wildman–Crippen LogP) is 3.56. The zero-order valence-corrected chi connectivity index (χ0v) is 16.4. The predicted molar refractivity (Wildman–Crippen MR) is 104 cm³/mol. The standard InChI is InChI=1S/C17H23N3O3S.ClH/c1-10(2)7-12(18)16(21)20-17-19-13(9-24-17)11-5-6-14(22-3)15(8-11)23-4;/h5-6,8-10,12H,7,18H2,1-4H3,(H,19,20,21);1H/t12-;/m0./s1. The molecule has 1 aromatic carbocycles. The van der Waals surface area contributed by atoms with Gasteiger partial charge in [-0.2, -0.15) is 0 Å². The number of thiazole rings is 1. The summed E-state index contributed by atoms with van der Waals surface area (Å²) in [6.45, 7) is 4.07. The maximum absolute atomic E-state index is 12.1. The molecule has 3 N–H and O–H groups in total. The van der Waals surface area contributed by atoms with Crippen LogP contribution in [-0.4, -0.2) is 31.2 Å². The van der Waals surface area contributed by atoms with E-state index in [-0.39, 0.29) is 18.3 Å². The average molecular weight is 386 g/mol. The fourth-order valence-electron chi connectivity index (χ4n) is 2.27. The van der Waals surface area contributed by atoms with E-state index in [1.165, 1.54) is 11.3 Å². The van der Waals surface area contributed by atoms with Crippen molar-refractivity contribution < 1.29 is 14.3 Å². The molecule has 2 rings (SSSR count). The van der Waals surface area contributed by atoms with Gasteiger partial charge in [-0.15, -0.1) is 23.7 Å². The summed E-state index contributed by atoms with van der Waals surface area (Å²) in [5, 5.41) is 5.19. The molecule has 0 spiro atoms. The molecule has 0 saturated carbocycles. The quantitative estimate of drug-likeness (QED) is 0.760. The normalized spacial score (nSPS) is 11.6. The Bertz CT molecular complexity index is 706. The van der Waals surface area contributed by atoms with Crippen molar-refractivity contribution >= 4 is 34.8 Å². The molecule has 0 aliphatic heterocycles. The van der Waals surface area contributed by atoms with Gasteiger partial charge in [0.05, 0.1) is 26.0 Å². The molecule has 0 aliphatic rings. The first-order valence-electron chi connectivity index (χ1n) is 7.69. The number of rotatable bonds is 7. The van der Waals surface area contributed by atoms with E-state index < -0.39 is 6.04 Å². The third-order valence-electron chi connectivity index (χ3n) is 3.48. The molecule has 1 amide bonds. The van der Waals surface area contributed by atoms with E-state index in [4.69, 9.17) is 15.2 Å². The number of nitrogens with two attached hydrogens (primary N) is 1. The van der Waals surface area contributed by atoms with Gasteiger partial charge >= 0.3 is 0 Å². The number of carbonyl (C=O) groups is 1. The molecule has 6 nitrogen and oxygen atoms in total. The SMILES string of the molecule is COc1ccc(-c2csc(NC(=O)[C@@H](N)CC(C)C)n2)cc1OC.Cl. The lowest BCUT2D eigenvalue weighted by atomic mass is 10.0. The summed E-state index contributed by atoms with van der Waals surface area (Å²) >= 11 is 1.36. The first-order chi connectivity index (χ1) is 11.4. The first kappa shape index (κ1) is 21.2. The number of hydrogen-bond acceptors (Lipinski definition) is 6. The summed E-state index contributed by atoms with van der Waals surface area (Å²) < 4.78 is 10.5. The van der Waals surface area contributed by atoms with Gasteiger partial charge < -0.3 is 20.5 Å². The highest BCUT2D eigenvalue weighted by molar-refractivity contribution is 7.14. The third-order valence-corrected chi connectivity index (χ3v) is 4.23. The summed E-state index contributed by atoms with van der Waals surface area (Å²) in [7, 11) is 3.18. The van der Waals surface area contributed by atoms with E-state index in [0.29, 0.717) is 29.0 Å². The summed E-state index contributed by atoms with van der Waals surface area (Å²) in [6.07, 6.45) is 0.639. The van der Waals surface area contributed by atoms with Crippen molar-refractivity contribution in [2.24, 2.45) is 11.7 Å². The summed E-state index contributed by atoms with van der Waals surface area (Å²) in [4.78, 5) is 16.5. The number of methoxy groups -OCH3 is 2. The Morgan fingerprint density at radius 2 is 1.96 bits per heavy atom. The van der Waals surface area contributed by atoms with Gasteiger partial charge in [-0.3, -0.25) is 4.79 Å². The maximum Gasteiger partial charge on any atom is 0.243 e. The zero-order valence-electron chi connectivity index (χ0n) is 14.7. The number of hydrogen-bond donors (Lipinski definition) is 2. The second-order valence-electron chi connectivity index (χ2n) is 5.83. The minimum absolute atomic E-state index is 0. The Labute approximate surface area is 158 Å². The number of amides is 1. The zero-order chi connectivity index (χ0) is 17.7. The van der Waals surface area contributed by atoms with E-state index in [2.05, 4.69) is 10.3 Å². The number of anilines is 1. The smallest absolute Gasteiger partial charge is 0.243 e. The van der Waals surface area contributed by atoms with E-state index in [1.807, 2.05) is 37.4 Å². The largest absolute Gasteiger partial charge is 0.493 e. The Morgan fingerprint density at radius 1 is 1.28 bits per heavy atom. The monoisotopic (exact) mass is 385 g/mol. The third kappa shape index (κ3) is 5.59. The lowest BCUT2D eigenvalue weighted by molar-refractivity contribution is -0.117. The molecule has 0 saturated heterocycles. The van der Waals surface area contributed by atoms with E-state index >= 15 is 0 Å². The van der Waals surface area contributed by atoms with Crippen LogP contribution in [0.5, 0.6) is 11.5 Å². The van der Waals surface area contributed by atoms with Crippen molar-refractivity contribution in [3.8, 4) is 22.8 Å². The van der Waals surface area contributed by atoms with E-state index in [0.717, 1.165) is 11.3 Å². The summed E-state index contributed by atoms with van der Waals surface area (Å²) in [5.74, 6) is 1.44. The van der Waals surface area contributed by atoms with Crippen LogP contribution in [0.1, 0.15) is 20.3 Å². The Hall–Kier alpha value is -1.83. The summed E-state index contributed by atoms with van der Waals surface area (Å²) in [6, 6.07) is 5.04. The second-order valence-corrected chi connectivity index (χ2v) is 6.69. The molecule has 1 heterocycles. The van der Waals surface area contributed by atoms with Gasteiger partial charge in [0, 0.05) is 10.9 Å². The lowest BCUT2D eigenvalue weighted by Crippen LogP contribution is -2.36. The van der Waals surface area contributed by atoms with Crippen LogP contribution in [0.4, 0.5) is 5.13 Å².